The maximum absolute atomic E-state index is 11.9. The molecule has 0 aliphatic carbocycles. The molecule has 5 heteroatoms. The van der Waals surface area contributed by atoms with Gasteiger partial charge in [-0.25, -0.2) is 0 Å². The standard InChI is InChI=1S/C14H18N4O/c1-18-10-8-12(17-18)7-9-16-14(19)13(15)11-5-3-2-4-6-11/h2-6,8,10,13H,7,9,15H2,1H3,(H,16,19)/t13-/m1/s1. The van der Waals surface area contributed by atoms with E-state index in [2.05, 4.69) is 10.4 Å². The normalized spacial score (nSPS) is 12.1. The number of hydrogen-bond acceptors (Lipinski definition) is 3. The topological polar surface area (TPSA) is 72.9 Å². The maximum atomic E-state index is 11.9. The third-order valence-electron chi connectivity index (χ3n) is 2.89. The van der Waals surface area contributed by atoms with Crippen LogP contribution in [0, 0.1) is 0 Å². The fourth-order valence-corrected chi connectivity index (χ4v) is 1.83. The Balaban J connectivity index is 1.81. The van der Waals surface area contributed by atoms with Crippen molar-refractivity contribution in [3.05, 3.63) is 53.9 Å². The van der Waals surface area contributed by atoms with Gasteiger partial charge in [0.2, 0.25) is 5.91 Å². The lowest BCUT2D eigenvalue weighted by atomic mass is 10.1. The zero-order valence-corrected chi connectivity index (χ0v) is 10.9. The fraction of sp³-hybridized carbons (Fsp3) is 0.286. The van der Waals surface area contributed by atoms with Crippen molar-refractivity contribution < 1.29 is 4.79 Å². The molecule has 1 aromatic carbocycles. The molecule has 0 unspecified atom stereocenters. The summed E-state index contributed by atoms with van der Waals surface area (Å²) in [4.78, 5) is 11.9. The smallest absolute Gasteiger partial charge is 0.241 e. The van der Waals surface area contributed by atoms with Crippen LogP contribution in [0.25, 0.3) is 0 Å². The number of aryl methyl sites for hydroxylation is 1. The molecule has 0 spiro atoms. The number of nitrogens with one attached hydrogen (secondary N) is 1. The summed E-state index contributed by atoms with van der Waals surface area (Å²) < 4.78 is 1.74. The van der Waals surface area contributed by atoms with E-state index >= 15 is 0 Å². The van der Waals surface area contributed by atoms with Crippen LogP contribution in [0.5, 0.6) is 0 Å². The Morgan fingerprint density at radius 2 is 2.11 bits per heavy atom. The molecule has 3 N–H and O–H groups in total. The van der Waals surface area contributed by atoms with Crippen molar-refractivity contribution in [3.8, 4) is 0 Å². The summed E-state index contributed by atoms with van der Waals surface area (Å²) in [5, 5.41) is 7.07. The number of benzene rings is 1. The molecule has 0 fully saturated rings. The minimum atomic E-state index is -0.620. The van der Waals surface area contributed by atoms with Crippen molar-refractivity contribution in [2.24, 2.45) is 12.8 Å². The maximum Gasteiger partial charge on any atom is 0.241 e. The van der Waals surface area contributed by atoms with Crippen molar-refractivity contribution in [3.63, 3.8) is 0 Å². The van der Waals surface area contributed by atoms with E-state index in [1.165, 1.54) is 0 Å². The summed E-state index contributed by atoms with van der Waals surface area (Å²) in [6, 6.07) is 10.7. The molecule has 0 radical (unpaired) electrons. The molecule has 0 aliphatic heterocycles. The summed E-state index contributed by atoms with van der Waals surface area (Å²) in [5.74, 6) is -0.165. The first-order valence-electron chi connectivity index (χ1n) is 6.23. The number of nitrogens with two attached hydrogens (primary N) is 1. The number of aromatic nitrogens is 2. The zero-order chi connectivity index (χ0) is 13.7. The number of nitrogens with zero attached hydrogens (tertiary/aromatic N) is 2. The Labute approximate surface area is 112 Å². The minimum Gasteiger partial charge on any atom is -0.354 e. The van der Waals surface area contributed by atoms with Crippen LogP contribution < -0.4 is 11.1 Å². The van der Waals surface area contributed by atoms with Crippen molar-refractivity contribution in [1.29, 1.82) is 0 Å². The number of carbonyl (C=O) groups excluding carboxylic acids is 1. The van der Waals surface area contributed by atoms with E-state index in [0.29, 0.717) is 13.0 Å². The van der Waals surface area contributed by atoms with Crippen LogP contribution in [0.4, 0.5) is 0 Å². The van der Waals surface area contributed by atoms with Gasteiger partial charge in [0.25, 0.3) is 0 Å². The molecule has 2 rings (SSSR count). The Morgan fingerprint density at radius 1 is 1.37 bits per heavy atom. The van der Waals surface area contributed by atoms with E-state index in [0.717, 1.165) is 11.3 Å². The van der Waals surface area contributed by atoms with Crippen LogP contribution in [-0.4, -0.2) is 22.2 Å². The lowest BCUT2D eigenvalue weighted by Crippen LogP contribution is -2.35. The van der Waals surface area contributed by atoms with E-state index in [1.807, 2.05) is 49.6 Å². The van der Waals surface area contributed by atoms with Gasteiger partial charge in [-0.05, 0) is 11.6 Å². The summed E-state index contributed by atoms with van der Waals surface area (Å²) in [6.07, 6.45) is 2.58. The van der Waals surface area contributed by atoms with Crippen molar-refractivity contribution >= 4 is 5.91 Å². The van der Waals surface area contributed by atoms with Crippen molar-refractivity contribution in [2.45, 2.75) is 12.5 Å². The second kappa shape index (κ2) is 6.15. The van der Waals surface area contributed by atoms with Gasteiger partial charge >= 0.3 is 0 Å². The van der Waals surface area contributed by atoms with E-state index < -0.39 is 6.04 Å². The van der Waals surface area contributed by atoms with E-state index in [4.69, 9.17) is 5.73 Å². The minimum absolute atomic E-state index is 0.165. The number of rotatable bonds is 5. The van der Waals surface area contributed by atoms with Gasteiger partial charge in [0, 0.05) is 26.2 Å². The van der Waals surface area contributed by atoms with Crippen LogP contribution in [-0.2, 0) is 18.3 Å². The average Bonchev–Trinajstić information content (AvgIpc) is 2.84. The van der Waals surface area contributed by atoms with Gasteiger partial charge in [-0.3, -0.25) is 9.48 Å². The summed E-state index contributed by atoms with van der Waals surface area (Å²) >= 11 is 0. The molecule has 0 bridgehead atoms. The van der Waals surface area contributed by atoms with Gasteiger partial charge in [-0.1, -0.05) is 30.3 Å². The fourth-order valence-electron chi connectivity index (χ4n) is 1.83. The molecule has 0 aliphatic rings. The third kappa shape index (κ3) is 3.66. The predicted molar refractivity (Wildman–Crippen MR) is 73.3 cm³/mol. The van der Waals surface area contributed by atoms with Crippen molar-refractivity contribution in [1.82, 2.24) is 15.1 Å². The Hall–Kier alpha value is -2.14. The van der Waals surface area contributed by atoms with Crippen LogP contribution >= 0.6 is 0 Å². The molecule has 0 saturated carbocycles. The molecule has 1 aromatic heterocycles. The van der Waals surface area contributed by atoms with Crippen LogP contribution in [0.3, 0.4) is 0 Å². The Bertz CT molecular complexity index is 535. The van der Waals surface area contributed by atoms with Gasteiger partial charge in [-0.2, -0.15) is 5.10 Å². The number of amides is 1. The molecule has 5 nitrogen and oxygen atoms in total. The third-order valence-corrected chi connectivity index (χ3v) is 2.89. The van der Waals surface area contributed by atoms with Crippen LogP contribution in [0.1, 0.15) is 17.3 Å². The molecular weight excluding hydrogens is 240 g/mol. The monoisotopic (exact) mass is 258 g/mol. The molecular formula is C14H18N4O. The highest BCUT2D eigenvalue weighted by atomic mass is 16.2. The summed E-state index contributed by atoms with van der Waals surface area (Å²) in [6.45, 7) is 0.538. The van der Waals surface area contributed by atoms with Gasteiger partial charge in [0.05, 0.1) is 5.69 Å². The van der Waals surface area contributed by atoms with Gasteiger partial charge < -0.3 is 11.1 Å². The number of hydrogen-bond donors (Lipinski definition) is 2. The van der Waals surface area contributed by atoms with E-state index in [-0.39, 0.29) is 5.91 Å². The Kier molecular flexibility index (Phi) is 4.30. The highest BCUT2D eigenvalue weighted by molar-refractivity contribution is 5.82. The summed E-state index contributed by atoms with van der Waals surface area (Å²) in [7, 11) is 1.87. The lowest BCUT2D eigenvalue weighted by Gasteiger charge is -2.12. The molecule has 19 heavy (non-hydrogen) atoms. The predicted octanol–water partition coefficient (Wildman–Crippen LogP) is 0.779. The SMILES string of the molecule is Cn1ccc(CCNC(=O)[C@H](N)c2ccccc2)n1. The van der Waals surface area contributed by atoms with Crippen molar-refractivity contribution in [2.75, 3.05) is 6.54 Å². The summed E-state index contributed by atoms with van der Waals surface area (Å²) in [5.41, 5.74) is 7.66. The zero-order valence-electron chi connectivity index (χ0n) is 10.9. The van der Waals surface area contributed by atoms with Gasteiger partial charge in [0.15, 0.2) is 0 Å². The molecule has 1 heterocycles. The molecule has 1 atom stereocenters. The second-order valence-electron chi connectivity index (χ2n) is 4.41. The highest BCUT2D eigenvalue weighted by Gasteiger charge is 2.14. The average molecular weight is 258 g/mol. The van der Waals surface area contributed by atoms with Crippen LogP contribution in [0.15, 0.2) is 42.6 Å². The van der Waals surface area contributed by atoms with Gasteiger partial charge in [0.1, 0.15) is 6.04 Å². The highest BCUT2D eigenvalue weighted by Crippen LogP contribution is 2.09. The van der Waals surface area contributed by atoms with E-state index in [9.17, 15) is 4.79 Å². The molecule has 100 valence electrons. The second-order valence-corrected chi connectivity index (χ2v) is 4.41. The molecule has 2 aromatic rings. The number of carbonyl (C=O) groups is 1. The first-order chi connectivity index (χ1) is 9.16. The molecule has 0 saturated heterocycles. The van der Waals surface area contributed by atoms with E-state index in [1.54, 1.807) is 4.68 Å². The quantitative estimate of drug-likeness (QED) is 0.832. The Morgan fingerprint density at radius 3 is 2.74 bits per heavy atom. The van der Waals surface area contributed by atoms with Crippen LogP contribution in [0.2, 0.25) is 0 Å². The van der Waals surface area contributed by atoms with Gasteiger partial charge in [-0.15, -0.1) is 0 Å². The first kappa shape index (κ1) is 13.3. The largest absolute Gasteiger partial charge is 0.354 e. The lowest BCUT2D eigenvalue weighted by molar-refractivity contribution is -0.122. The molecule has 1 amide bonds. The first-order valence-corrected chi connectivity index (χ1v) is 6.23.